The Morgan fingerprint density at radius 1 is 1.56 bits per heavy atom. The van der Waals surface area contributed by atoms with Gasteiger partial charge >= 0.3 is 0 Å². The molecule has 0 fully saturated rings. The molecule has 18 heavy (non-hydrogen) atoms. The monoisotopic (exact) mass is 265 g/mol. The number of aryl methyl sites for hydroxylation is 1. The van der Waals surface area contributed by atoms with E-state index in [-0.39, 0.29) is 5.11 Å². The number of aliphatic imine (C=N–C) groups is 1. The van der Waals surface area contributed by atoms with Crippen molar-refractivity contribution in [3.63, 3.8) is 0 Å². The first-order valence-electron chi connectivity index (χ1n) is 5.88. The smallest absolute Gasteiger partial charge is 0.197 e. The third-order valence-electron chi connectivity index (χ3n) is 2.29. The zero-order valence-corrected chi connectivity index (χ0v) is 11.5. The van der Waals surface area contributed by atoms with E-state index in [1.54, 1.807) is 6.20 Å². The van der Waals surface area contributed by atoms with Crippen LogP contribution < -0.4 is 16.4 Å². The topological polar surface area (TPSA) is 75.3 Å². The summed E-state index contributed by atoms with van der Waals surface area (Å²) in [5, 5.41) is 6.16. The van der Waals surface area contributed by atoms with Crippen molar-refractivity contribution in [3.8, 4) is 0 Å². The number of guanidine groups is 1. The van der Waals surface area contributed by atoms with E-state index >= 15 is 0 Å². The molecule has 0 saturated heterocycles. The van der Waals surface area contributed by atoms with Gasteiger partial charge in [-0.2, -0.15) is 0 Å². The number of rotatable bonds is 4. The van der Waals surface area contributed by atoms with Crippen LogP contribution in [0, 0.1) is 6.92 Å². The molecule has 0 amide bonds. The number of nitrogens with one attached hydrogen (secondary N) is 2. The van der Waals surface area contributed by atoms with E-state index in [1.807, 2.05) is 19.1 Å². The van der Waals surface area contributed by atoms with Gasteiger partial charge in [-0.25, -0.2) is 4.99 Å². The van der Waals surface area contributed by atoms with Gasteiger partial charge in [-0.1, -0.05) is 13.0 Å². The number of nitrogens with zero attached hydrogens (tertiary/aromatic N) is 2. The summed E-state index contributed by atoms with van der Waals surface area (Å²) < 4.78 is 0. The Morgan fingerprint density at radius 3 is 2.94 bits per heavy atom. The second-order valence-electron chi connectivity index (χ2n) is 3.85. The van der Waals surface area contributed by atoms with E-state index in [1.165, 1.54) is 0 Å². The van der Waals surface area contributed by atoms with Crippen molar-refractivity contribution >= 4 is 23.3 Å². The van der Waals surface area contributed by atoms with E-state index in [2.05, 4.69) is 27.5 Å². The first kappa shape index (κ1) is 14.4. The number of thiocarbonyl (C=S) groups is 1. The van der Waals surface area contributed by atoms with Crippen LogP contribution in [0.15, 0.2) is 23.3 Å². The highest BCUT2D eigenvalue weighted by Gasteiger charge is 2.01. The fourth-order valence-electron chi connectivity index (χ4n) is 1.34. The molecule has 0 unspecified atom stereocenters. The van der Waals surface area contributed by atoms with Crippen LogP contribution in [0.4, 0.5) is 0 Å². The largest absolute Gasteiger partial charge is 0.376 e. The van der Waals surface area contributed by atoms with Gasteiger partial charge in [-0.15, -0.1) is 0 Å². The predicted molar refractivity (Wildman–Crippen MR) is 78.3 cm³/mol. The molecule has 0 bridgehead atoms. The third-order valence-corrected chi connectivity index (χ3v) is 2.39. The first-order valence-corrected chi connectivity index (χ1v) is 6.29. The quantitative estimate of drug-likeness (QED) is 0.431. The highest BCUT2D eigenvalue weighted by molar-refractivity contribution is 7.80. The molecule has 0 aromatic carbocycles. The molecular formula is C12H19N5S. The van der Waals surface area contributed by atoms with Crippen LogP contribution in [0.5, 0.6) is 0 Å². The molecule has 0 aliphatic heterocycles. The molecule has 1 aromatic rings. The molecule has 98 valence electrons. The normalized spacial score (nSPS) is 11.1. The lowest BCUT2D eigenvalue weighted by Crippen LogP contribution is -2.43. The van der Waals surface area contributed by atoms with E-state index in [0.717, 1.165) is 24.2 Å². The SMILES string of the molecule is CCCNC(=NCc1ncccc1C)NC(N)=S. The number of nitrogens with two attached hydrogens (primary N) is 1. The zero-order valence-electron chi connectivity index (χ0n) is 10.7. The van der Waals surface area contributed by atoms with Gasteiger partial charge in [0.05, 0.1) is 12.2 Å². The molecule has 0 atom stereocenters. The molecule has 1 rings (SSSR count). The van der Waals surface area contributed by atoms with Crippen molar-refractivity contribution < 1.29 is 0 Å². The standard InChI is InChI=1S/C12H19N5S/c1-3-6-15-12(17-11(13)18)16-8-10-9(2)5-4-7-14-10/h4-5,7H,3,6,8H2,1-2H3,(H4,13,15,16,17,18). The fourth-order valence-corrected chi connectivity index (χ4v) is 1.43. The van der Waals surface area contributed by atoms with Crippen molar-refractivity contribution in [2.24, 2.45) is 10.7 Å². The molecule has 1 aromatic heterocycles. The highest BCUT2D eigenvalue weighted by atomic mass is 32.1. The summed E-state index contributed by atoms with van der Waals surface area (Å²) in [4.78, 5) is 8.68. The minimum Gasteiger partial charge on any atom is -0.376 e. The van der Waals surface area contributed by atoms with E-state index in [4.69, 9.17) is 18.0 Å². The summed E-state index contributed by atoms with van der Waals surface area (Å²) in [6, 6.07) is 3.92. The molecule has 0 aliphatic rings. The Morgan fingerprint density at radius 2 is 2.33 bits per heavy atom. The Bertz CT molecular complexity index is 430. The molecule has 0 aliphatic carbocycles. The van der Waals surface area contributed by atoms with Crippen molar-refractivity contribution in [1.29, 1.82) is 0 Å². The van der Waals surface area contributed by atoms with Gasteiger partial charge in [-0.05, 0) is 37.2 Å². The molecule has 1 heterocycles. The van der Waals surface area contributed by atoms with E-state index in [9.17, 15) is 0 Å². The van der Waals surface area contributed by atoms with Crippen LogP contribution in [-0.2, 0) is 6.54 Å². The highest BCUT2D eigenvalue weighted by Crippen LogP contribution is 2.04. The van der Waals surface area contributed by atoms with Crippen LogP contribution >= 0.6 is 12.2 Å². The Kier molecular flexibility index (Phi) is 6.07. The minimum atomic E-state index is 0.204. The van der Waals surface area contributed by atoms with Crippen LogP contribution in [0.25, 0.3) is 0 Å². The maximum absolute atomic E-state index is 5.45. The maximum Gasteiger partial charge on any atom is 0.197 e. The van der Waals surface area contributed by atoms with Gasteiger partial charge in [0, 0.05) is 12.7 Å². The average molecular weight is 265 g/mol. The van der Waals surface area contributed by atoms with Crippen molar-refractivity contribution in [2.45, 2.75) is 26.8 Å². The van der Waals surface area contributed by atoms with Gasteiger partial charge in [0.15, 0.2) is 11.1 Å². The van der Waals surface area contributed by atoms with Gasteiger partial charge < -0.3 is 16.4 Å². The fraction of sp³-hybridized carbons (Fsp3) is 0.417. The molecule has 5 nitrogen and oxygen atoms in total. The number of hydrogen-bond donors (Lipinski definition) is 3. The van der Waals surface area contributed by atoms with Crippen LogP contribution in [0.2, 0.25) is 0 Å². The van der Waals surface area contributed by atoms with Crippen molar-refractivity contribution in [1.82, 2.24) is 15.6 Å². The second-order valence-corrected chi connectivity index (χ2v) is 4.29. The van der Waals surface area contributed by atoms with Crippen LogP contribution in [0.1, 0.15) is 24.6 Å². The summed E-state index contributed by atoms with van der Waals surface area (Å²) in [6.07, 6.45) is 2.76. The Balaban J connectivity index is 2.69. The average Bonchev–Trinajstić information content (AvgIpc) is 2.34. The lowest BCUT2D eigenvalue weighted by atomic mass is 10.2. The molecular weight excluding hydrogens is 246 g/mol. The van der Waals surface area contributed by atoms with Crippen molar-refractivity contribution in [3.05, 3.63) is 29.6 Å². The number of aromatic nitrogens is 1. The summed E-state index contributed by atoms with van der Waals surface area (Å²) >= 11 is 4.81. The summed E-state index contributed by atoms with van der Waals surface area (Å²) in [6.45, 7) is 5.40. The lowest BCUT2D eigenvalue weighted by molar-refractivity contribution is 0.812. The molecule has 6 heteroatoms. The van der Waals surface area contributed by atoms with Gasteiger partial charge in [0.1, 0.15) is 0 Å². The summed E-state index contributed by atoms with van der Waals surface area (Å²) in [5.41, 5.74) is 7.51. The van der Waals surface area contributed by atoms with Crippen molar-refractivity contribution in [2.75, 3.05) is 6.54 Å². The first-order chi connectivity index (χ1) is 8.63. The molecule has 0 spiro atoms. The van der Waals surface area contributed by atoms with Gasteiger partial charge in [0.2, 0.25) is 0 Å². The number of pyridine rings is 1. The van der Waals surface area contributed by atoms with Crippen LogP contribution in [-0.4, -0.2) is 22.6 Å². The zero-order chi connectivity index (χ0) is 13.4. The van der Waals surface area contributed by atoms with Crippen LogP contribution in [0.3, 0.4) is 0 Å². The minimum absolute atomic E-state index is 0.204. The van der Waals surface area contributed by atoms with E-state index in [0.29, 0.717) is 12.5 Å². The second kappa shape index (κ2) is 7.60. The van der Waals surface area contributed by atoms with E-state index < -0.39 is 0 Å². The predicted octanol–water partition coefficient (Wildman–Crippen LogP) is 1.08. The summed E-state index contributed by atoms with van der Waals surface area (Å²) in [7, 11) is 0. The Labute approximate surface area is 113 Å². The summed E-state index contributed by atoms with van der Waals surface area (Å²) in [5.74, 6) is 0.592. The van der Waals surface area contributed by atoms with Gasteiger partial charge in [-0.3, -0.25) is 4.98 Å². The molecule has 4 N–H and O–H groups in total. The third kappa shape index (κ3) is 5.09. The van der Waals surface area contributed by atoms with Gasteiger partial charge in [0.25, 0.3) is 0 Å². The number of hydrogen-bond acceptors (Lipinski definition) is 3. The molecule has 0 radical (unpaired) electrons. The molecule has 0 saturated carbocycles. The lowest BCUT2D eigenvalue weighted by Gasteiger charge is -2.10. The maximum atomic E-state index is 5.45. The Hall–Kier alpha value is -1.69.